The maximum Gasteiger partial charge on any atom is 0.193 e. The summed E-state index contributed by atoms with van der Waals surface area (Å²) in [6.45, 7) is 2.94. The number of nitrogens with two attached hydrogens (primary N) is 1. The largest absolute Gasteiger partial charge is 0.380 e. The molecule has 0 aliphatic heterocycles. The van der Waals surface area contributed by atoms with Crippen LogP contribution in [0.15, 0.2) is 47.5 Å². The van der Waals surface area contributed by atoms with E-state index in [1.165, 1.54) is 0 Å². The normalized spacial score (nSPS) is 11.8. The molecule has 0 aliphatic rings. The minimum Gasteiger partial charge on any atom is -0.380 e. The summed E-state index contributed by atoms with van der Waals surface area (Å²) in [6, 6.07) is 13.9. The van der Waals surface area contributed by atoms with Gasteiger partial charge in [-0.2, -0.15) is 0 Å². The van der Waals surface area contributed by atoms with E-state index in [1.54, 1.807) is 7.11 Å². The minimum atomic E-state index is 0.343. The lowest BCUT2D eigenvalue weighted by molar-refractivity contribution is 0.185. The van der Waals surface area contributed by atoms with Gasteiger partial charge in [0.2, 0.25) is 0 Å². The highest BCUT2D eigenvalue weighted by atomic mass is 16.5. The number of aliphatic imine (C=N–C) groups is 1. The van der Waals surface area contributed by atoms with E-state index in [2.05, 4.69) is 20.3 Å². The fraction of sp³-hybridized carbons (Fsp3) is 0.222. The summed E-state index contributed by atoms with van der Waals surface area (Å²) in [5, 5.41) is 3.12. The van der Waals surface area contributed by atoms with E-state index in [0.29, 0.717) is 19.1 Å². The van der Waals surface area contributed by atoms with Crippen LogP contribution in [0.25, 0.3) is 11.0 Å². The van der Waals surface area contributed by atoms with Gasteiger partial charge in [-0.25, -0.2) is 9.98 Å². The predicted octanol–water partition coefficient (Wildman–Crippen LogP) is 2.94. The third-order valence-corrected chi connectivity index (χ3v) is 3.74. The summed E-state index contributed by atoms with van der Waals surface area (Å²) in [7, 11) is 1.66. The molecule has 0 bridgehead atoms. The first-order chi connectivity index (χ1) is 11.7. The summed E-state index contributed by atoms with van der Waals surface area (Å²) in [5.74, 6) is 1.13. The molecule has 0 radical (unpaired) electrons. The second-order valence-electron chi connectivity index (χ2n) is 5.57. The van der Waals surface area contributed by atoms with Gasteiger partial charge in [-0.05, 0) is 24.6 Å². The van der Waals surface area contributed by atoms with Gasteiger partial charge in [0, 0.05) is 18.4 Å². The summed E-state index contributed by atoms with van der Waals surface area (Å²) in [5.41, 5.74) is 11.0. The molecule has 0 aliphatic carbocycles. The number of imidazole rings is 1. The average Bonchev–Trinajstić information content (AvgIpc) is 3.00. The molecule has 0 saturated carbocycles. The third-order valence-electron chi connectivity index (χ3n) is 3.74. The molecule has 24 heavy (non-hydrogen) atoms. The minimum absolute atomic E-state index is 0.343. The van der Waals surface area contributed by atoms with E-state index in [1.807, 2.05) is 49.4 Å². The zero-order valence-corrected chi connectivity index (χ0v) is 13.8. The monoisotopic (exact) mass is 323 g/mol. The van der Waals surface area contributed by atoms with Crippen molar-refractivity contribution in [3.63, 3.8) is 0 Å². The number of aromatic amines is 1. The number of nitrogens with zero attached hydrogens (tertiary/aromatic N) is 2. The van der Waals surface area contributed by atoms with E-state index < -0.39 is 0 Å². The molecule has 6 nitrogen and oxygen atoms in total. The predicted molar refractivity (Wildman–Crippen MR) is 96.9 cm³/mol. The number of methoxy groups -OCH3 is 1. The summed E-state index contributed by atoms with van der Waals surface area (Å²) >= 11 is 0. The van der Waals surface area contributed by atoms with Crippen LogP contribution in [-0.2, 0) is 17.9 Å². The second-order valence-corrected chi connectivity index (χ2v) is 5.57. The number of ether oxygens (including phenoxy) is 1. The van der Waals surface area contributed by atoms with Crippen molar-refractivity contribution in [3.8, 4) is 0 Å². The molecule has 0 fully saturated rings. The van der Waals surface area contributed by atoms with Gasteiger partial charge in [0.1, 0.15) is 12.4 Å². The number of aromatic nitrogens is 2. The van der Waals surface area contributed by atoms with Crippen molar-refractivity contribution < 1.29 is 4.74 Å². The molecule has 6 heteroatoms. The molecule has 3 rings (SSSR count). The first-order valence-corrected chi connectivity index (χ1v) is 7.75. The topological polar surface area (TPSA) is 88.3 Å². The van der Waals surface area contributed by atoms with Crippen molar-refractivity contribution in [2.24, 2.45) is 10.7 Å². The van der Waals surface area contributed by atoms with Gasteiger partial charge < -0.3 is 20.8 Å². The highest BCUT2D eigenvalue weighted by molar-refractivity contribution is 5.93. The number of hydrogen-bond acceptors (Lipinski definition) is 3. The van der Waals surface area contributed by atoms with Gasteiger partial charge in [-0.15, -0.1) is 0 Å². The van der Waals surface area contributed by atoms with Crippen LogP contribution in [0.4, 0.5) is 5.69 Å². The van der Waals surface area contributed by atoms with Gasteiger partial charge in [-0.3, -0.25) is 0 Å². The highest BCUT2D eigenvalue weighted by Crippen LogP contribution is 2.17. The number of anilines is 1. The SMILES string of the molecule is COCc1ccccc1NC(N)=NCc1nc2c(C)cccc2[nH]1. The number of guanidine groups is 1. The van der Waals surface area contributed by atoms with Crippen LogP contribution in [0, 0.1) is 6.92 Å². The molecule has 0 amide bonds. The Morgan fingerprint density at radius 1 is 1.25 bits per heavy atom. The van der Waals surface area contributed by atoms with Gasteiger partial charge in [-0.1, -0.05) is 30.3 Å². The van der Waals surface area contributed by atoms with Crippen LogP contribution < -0.4 is 11.1 Å². The zero-order valence-electron chi connectivity index (χ0n) is 13.8. The number of rotatable bonds is 5. The summed E-state index contributed by atoms with van der Waals surface area (Å²) in [6.07, 6.45) is 0. The van der Waals surface area contributed by atoms with Crippen molar-refractivity contribution in [2.45, 2.75) is 20.1 Å². The number of hydrogen-bond donors (Lipinski definition) is 3. The Kier molecular flexibility index (Phi) is 4.77. The molecule has 4 N–H and O–H groups in total. The van der Waals surface area contributed by atoms with Crippen LogP contribution in [0.3, 0.4) is 0 Å². The van der Waals surface area contributed by atoms with Crippen molar-refractivity contribution >= 4 is 22.7 Å². The van der Waals surface area contributed by atoms with E-state index >= 15 is 0 Å². The fourth-order valence-electron chi connectivity index (χ4n) is 2.56. The average molecular weight is 323 g/mol. The molecule has 0 spiro atoms. The van der Waals surface area contributed by atoms with Crippen molar-refractivity contribution in [1.82, 2.24) is 9.97 Å². The number of benzene rings is 2. The summed E-state index contributed by atoms with van der Waals surface area (Å²) < 4.78 is 5.19. The molecule has 1 aromatic heterocycles. The molecular weight excluding hydrogens is 302 g/mol. The van der Waals surface area contributed by atoms with Crippen molar-refractivity contribution in [2.75, 3.05) is 12.4 Å². The lowest BCUT2D eigenvalue weighted by Gasteiger charge is -2.10. The Morgan fingerprint density at radius 3 is 2.88 bits per heavy atom. The third kappa shape index (κ3) is 3.55. The van der Waals surface area contributed by atoms with Crippen LogP contribution in [0.2, 0.25) is 0 Å². The first-order valence-electron chi connectivity index (χ1n) is 7.75. The molecule has 0 unspecified atom stereocenters. The van der Waals surface area contributed by atoms with Crippen LogP contribution >= 0.6 is 0 Å². The smallest absolute Gasteiger partial charge is 0.193 e. The molecule has 0 saturated heterocycles. The molecule has 124 valence electrons. The van der Waals surface area contributed by atoms with Crippen LogP contribution in [0.5, 0.6) is 0 Å². The maximum atomic E-state index is 6.00. The Bertz CT molecular complexity index is 869. The van der Waals surface area contributed by atoms with Crippen LogP contribution in [-0.4, -0.2) is 23.0 Å². The van der Waals surface area contributed by atoms with Gasteiger partial charge >= 0.3 is 0 Å². The number of aryl methyl sites for hydroxylation is 1. The Morgan fingerprint density at radius 2 is 2.08 bits per heavy atom. The van der Waals surface area contributed by atoms with Gasteiger partial charge in [0.25, 0.3) is 0 Å². The first kappa shape index (κ1) is 16.0. The molecule has 2 aromatic carbocycles. The molecular formula is C18H21N5O. The molecule has 0 atom stereocenters. The van der Waals surface area contributed by atoms with Gasteiger partial charge in [0.05, 0.1) is 17.6 Å². The Balaban J connectivity index is 1.73. The van der Waals surface area contributed by atoms with Gasteiger partial charge in [0.15, 0.2) is 5.96 Å². The fourth-order valence-corrected chi connectivity index (χ4v) is 2.56. The Hall–Kier alpha value is -2.86. The Labute approximate surface area is 140 Å². The van der Waals surface area contributed by atoms with E-state index in [0.717, 1.165) is 33.7 Å². The van der Waals surface area contributed by atoms with E-state index in [4.69, 9.17) is 10.5 Å². The highest BCUT2D eigenvalue weighted by Gasteiger charge is 2.05. The second kappa shape index (κ2) is 7.14. The number of nitrogens with one attached hydrogen (secondary N) is 2. The standard InChI is InChI=1S/C18H21N5O/c1-12-6-5-9-15-17(12)23-16(21-15)10-20-18(19)22-14-8-4-3-7-13(14)11-24-2/h3-9H,10-11H2,1-2H3,(H,21,23)(H3,19,20,22). The van der Waals surface area contributed by atoms with Crippen LogP contribution in [0.1, 0.15) is 17.0 Å². The van der Waals surface area contributed by atoms with Crippen molar-refractivity contribution in [1.29, 1.82) is 0 Å². The van der Waals surface area contributed by atoms with Crippen molar-refractivity contribution in [3.05, 3.63) is 59.4 Å². The number of para-hydroxylation sites is 2. The lowest BCUT2D eigenvalue weighted by Crippen LogP contribution is -2.23. The molecule has 1 heterocycles. The zero-order chi connectivity index (χ0) is 16.9. The molecule has 3 aromatic rings. The van der Waals surface area contributed by atoms with E-state index in [9.17, 15) is 0 Å². The lowest BCUT2D eigenvalue weighted by atomic mass is 10.2. The summed E-state index contributed by atoms with van der Waals surface area (Å²) in [4.78, 5) is 12.2. The van der Waals surface area contributed by atoms with E-state index in [-0.39, 0.29) is 0 Å². The quantitative estimate of drug-likeness (QED) is 0.497. The maximum absolute atomic E-state index is 6.00. The number of fused-ring (bicyclic) bond motifs is 1. The number of H-pyrrole nitrogens is 1.